The first-order valence-corrected chi connectivity index (χ1v) is 9.74. The van der Waals surface area contributed by atoms with E-state index in [0.29, 0.717) is 44.2 Å². The number of benzene rings is 2. The molecule has 0 fully saturated rings. The Bertz CT molecular complexity index is 1630. The number of aromatic amines is 1. The molecule has 3 N–H and O–H groups in total. The molecule has 156 valence electrons. The third-order valence-electron chi connectivity index (χ3n) is 5.51. The number of nitriles is 1. The molecule has 9 heteroatoms. The van der Waals surface area contributed by atoms with Crippen LogP contribution >= 0.6 is 0 Å². The number of aryl methyl sites for hydroxylation is 1. The molecule has 32 heavy (non-hydrogen) atoms. The molecule has 3 aromatic heterocycles. The summed E-state index contributed by atoms with van der Waals surface area (Å²) in [5, 5.41) is 22.4. The van der Waals surface area contributed by atoms with Crippen LogP contribution in [0, 0.1) is 17.1 Å². The van der Waals surface area contributed by atoms with Crippen molar-refractivity contribution >= 4 is 21.7 Å². The van der Waals surface area contributed by atoms with Crippen molar-refractivity contribution in [1.29, 1.82) is 5.26 Å². The van der Waals surface area contributed by atoms with Crippen LogP contribution in [0.15, 0.2) is 53.6 Å². The molecule has 0 saturated heterocycles. The van der Waals surface area contributed by atoms with E-state index in [1.165, 1.54) is 6.07 Å². The predicted octanol–water partition coefficient (Wildman–Crippen LogP) is 3.01. The molecule has 8 nitrogen and oxygen atoms in total. The topological polar surface area (TPSA) is 126 Å². The maximum atomic E-state index is 13.9. The zero-order valence-electron chi connectivity index (χ0n) is 16.9. The Morgan fingerprint density at radius 2 is 1.97 bits per heavy atom. The van der Waals surface area contributed by atoms with E-state index < -0.39 is 5.82 Å². The van der Waals surface area contributed by atoms with Crippen molar-refractivity contribution in [2.45, 2.75) is 6.54 Å². The van der Waals surface area contributed by atoms with Crippen LogP contribution in [0.25, 0.3) is 44.1 Å². The SMILES string of the molecule is Cn1ncc(-c2ccc3c(=O)[nH]nc(CN)c3c2)c1-c1ccc2ncc(F)cc2c1C#N. The van der Waals surface area contributed by atoms with Gasteiger partial charge in [-0.1, -0.05) is 6.07 Å². The third-order valence-corrected chi connectivity index (χ3v) is 5.51. The van der Waals surface area contributed by atoms with Gasteiger partial charge in [0.05, 0.1) is 40.2 Å². The van der Waals surface area contributed by atoms with E-state index in [0.717, 1.165) is 17.3 Å². The number of fused-ring (bicyclic) bond motifs is 2. The number of hydrogen-bond acceptors (Lipinski definition) is 6. The maximum absolute atomic E-state index is 13.9. The lowest BCUT2D eigenvalue weighted by Gasteiger charge is -2.12. The Hall–Kier alpha value is -4.42. The second kappa shape index (κ2) is 7.37. The van der Waals surface area contributed by atoms with Gasteiger partial charge >= 0.3 is 0 Å². The normalized spacial score (nSPS) is 11.2. The highest BCUT2D eigenvalue weighted by molar-refractivity contribution is 5.96. The number of nitrogens with two attached hydrogens (primary N) is 1. The number of halogens is 1. The van der Waals surface area contributed by atoms with Crippen molar-refractivity contribution in [3.8, 4) is 28.5 Å². The van der Waals surface area contributed by atoms with E-state index in [1.54, 1.807) is 36.1 Å². The van der Waals surface area contributed by atoms with Gasteiger partial charge in [-0.05, 0) is 35.9 Å². The fourth-order valence-corrected chi connectivity index (χ4v) is 4.00. The van der Waals surface area contributed by atoms with Crippen molar-refractivity contribution in [2.75, 3.05) is 0 Å². The summed E-state index contributed by atoms with van der Waals surface area (Å²) in [7, 11) is 1.77. The molecule has 0 radical (unpaired) electrons. The molecule has 0 bridgehead atoms. The summed E-state index contributed by atoms with van der Waals surface area (Å²) in [6.45, 7) is 0.165. The van der Waals surface area contributed by atoms with Crippen molar-refractivity contribution in [3.05, 3.63) is 76.2 Å². The van der Waals surface area contributed by atoms with E-state index in [1.807, 2.05) is 12.1 Å². The number of rotatable bonds is 3. The van der Waals surface area contributed by atoms with Gasteiger partial charge < -0.3 is 5.73 Å². The number of nitrogens with zero attached hydrogens (tertiary/aromatic N) is 5. The standard InChI is InChI=1S/C23H16FN7O/c1-31-22(14-4-5-20-17(18(14)8-25)7-13(24)10-27-20)19(11-28-31)12-2-3-15-16(6-12)21(9-26)29-30-23(15)32/h2-7,10-11H,9,26H2,1H3,(H,30,32). The van der Waals surface area contributed by atoms with E-state index in [2.05, 4.69) is 26.3 Å². The Kier molecular flexibility index (Phi) is 4.50. The molecule has 0 unspecified atom stereocenters. The van der Waals surface area contributed by atoms with E-state index in [4.69, 9.17) is 5.73 Å². The average Bonchev–Trinajstić information content (AvgIpc) is 3.19. The Labute approximate surface area is 180 Å². The molecule has 0 aliphatic carbocycles. The van der Waals surface area contributed by atoms with Gasteiger partial charge in [-0.2, -0.15) is 15.5 Å². The van der Waals surface area contributed by atoms with Crippen LogP contribution in [0.4, 0.5) is 4.39 Å². The Morgan fingerprint density at radius 1 is 1.12 bits per heavy atom. The van der Waals surface area contributed by atoms with Crippen molar-refractivity contribution in [2.24, 2.45) is 12.8 Å². The summed E-state index contributed by atoms with van der Waals surface area (Å²) in [4.78, 5) is 16.3. The summed E-state index contributed by atoms with van der Waals surface area (Å²) in [5.41, 5.74) is 9.72. The van der Waals surface area contributed by atoms with E-state index >= 15 is 0 Å². The first-order valence-electron chi connectivity index (χ1n) is 9.74. The summed E-state index contributed by atoms with van der Waals surface area (Å²) < 4.78 is 15.5. The molecule has 5 rings (SSSR count). The first-order chi connectivity index (χ1) is 15.5. The van der Waals surface area contributed by atoms with Gasteiger partial charge in [0.25, 0.3) is 5.56 Å². The van der Waals surface area contributed by atoms with Crippen molar-refractivity contribution < 1.29 is 4.39 Å². The number of hydrogen-bond donors (Lipinski definition) is 2. The summed E-state index contributed by atoms with van der Waals surface area (Å²) in [5.74, 6) is -0.516. The number of H-pyrrole nitrogens is 1. The average molecular weight is 425 g/mol. The molecule has 0 amide bonds. The van der Waals surface area contributed by atoms with Crippen LogP contribution in [-0.2, 0) is 13.6 Å². The van der Waals surface area contributed by atoms with Gasteiger partial charge in [0.15, 0.2) is 0 Å². The van der Waals surface area contributed by atoms with Crippen LogP contribution in [0.3, 0.4) is 0 Å². The first kappa shape index (κ1) is 19.5. The van der Waals surface area contributed by atoms with Gasteiger partial charge in [0.2, 0.25) is 0 Å². The summed E-state index contributed by atoms with van der Waals surface area (Å²) in [6, 6.07) is 12.4. The second-order valence-corrected chi connectivity index (χ2v) is 7.31. The Morgan fingerprint density at radius 3 is 2.75 bits per heavy atom. The predicted molar refractivity (Wildman–Crippen MR) is 118 cm³/mol. The number of pyridine rings is 1. The molecule has 0 saturated carbocycles. The van der Waals surface area contributed by atoms with Crippen LogP contribution in [0.5, 0.6) is 0 Å². The van der Waals surface area contributed by atoms with Gasteiger partial charge in [0.1, 0.15) is 11.9 Å². The van der Waals surface area contributed by atoms with E-state index in [-0.39, 0.29) is 12.1 Å². The van der Waals surface area contributed by atoms with Crippen LogP contribution in [0.1, 0.15) is 11.3 Å². The van der Waals surface area contributed by atoms with Crippen molar-refractivity contribution in [1.82, 2.24) is 25.0 Å². The number of nitrogens with one attached hydrogen (secondary N) is 1. The monoisotopic (exact) mass is 425 g/mol. The minimum atomic E-state index is -0.516. The molecule has 3 heterocycles. The minimum Gasteiger partial charge on any atom is -0.325 e. The fraction of sp³-hybridized carbons (Fsp3) is 0.0870. The third kappa shape index (κ3) is 2.93. The van der Waals surface area contributed by atoms with Gasteiger partial charge in [-0.3, -0.25) is 14.5 Å². The lowest BCUT2D eigenvalue weighted by molar-refractivity contribution is 0.624. The zero-order valence-corrected chi connectivity index (χ0v) is 16.9. The van der Waals surface area contributed by atoms with E-state index in [9.17, 15) is 14.4 Å². The molecule has 5 aromatic rings. The molecular formula is C23H16FN7O. The van der Waals surface area contributed by atoms with Crippen LogP contribution in [0.2, 0.25) is 0 Å². The quantitative estimate of drug-likeness (QED) is 0.458. The molecule has 0 aliphatic rings. The van der Waals surface area contributed by atoms with Gasteiger partial charge in [-0.15, -0.1) is 0 Å². The van der Waals surface area contributed by atoms with Gasteiger partial charge in [0, 0.05) is 35.5 Å². The van der Waals surface area contributed by atoms with Gasteiger partial charge in [-0.25, -0.2) is 9.49 Å². The number of aromatic nitrogens is 5. The fourth-order valence-electron chi connectivity index (χ4n) is 4.00. The molecule has 0 atom stereocenters. The van der Waals surface area contributed by atoms with Crippen LogP contribution in [-0.4, -0.2) is 25.0 Å². The largest absolute Gasteiger partial charge is 0.325 e. The highest BCUT2D eigenvalue weighted by Gasteiger charge is 2.19. The molecule has 0 spiro atoms. The zero-order chi connectivity index (χ0) is 22.4. The lowest BCUT2D eigenvalue weighted by atomic mass is 9.94. The van der Waals surface area contributed by atoms with Crippen LogP contribution < -0.4 is 11.3 Å². The summed E-state index contributed by atoms with van der Waals surface area (Å²) in [6.07, 6.45) is 2.81. The molecule has 2 aromatic carbocycles. The molecular weight excluding hydrogens is 409 g/mol. The summed E-state index contributed by atoms with van der Waals surface area (Å²) >= 11 is 0. The second-order valence-electron chi connectivity index (χ2n) is 7.31. The Balaban J connectivity index is 1.79. The van der Waals surface area contributed by atoms with Crippen molar-refractivity contribution in [3.63, 3.8) is 0 Å². The smallest absolute Gasteiger partial charge is 0.272 e. The highest BCUT2D eigenvalue weighted by Crippen LogP contribution is 2.37. The molecule has 0 aliphatic heterocycles. The minimum absolute atomic E-state index is 0.165. The lowest BCUT2D eigenvalue weighted by Crippen LogP contribution is -2.13. The highest BCUT2D eigenvalue weighted by atomic mass is 19.1. The maximum Gasteiger partial charge on any atom is 0.272 e.